The lowest BCUT2D eigenvalue weighted by molar-refractivity contribution is 0.386. The van der Waals surface area contributed by atoms with Crippen molar-refractivity contribution in [1.82, 2.24) is 5.32 Å². The van der Waals surface area contributed by atoms with Gasteiger partial charge in [0.05, 0.1) is 0 Å². The van der Waals surface area contributed by atoms with Gasteiger partial charge in [-0.3, -0.25) is 0 Å². The summed E-state index contributed by atoms with van der Waals surface area (Å²) in [6.45, 7) is 6.93. The Hall–Kier alpha value is -0.530. The van der Waals surface area contributed by atoms with E-state index in [2.05, 4.69) is 38.2 Å². The van der Waals surface area contributed by atoms with Crippen LogP contribution in [0.3, 0.4) is 0 Å². The van der Waals surface area contributed by atoms with Crippen molar-refractivity contribution < 1.29 is 0 Å². The van der Waals surface area contributed by atoms with Crippen LogP contribution in [0.5, 0.6) is 0 Å². The first-order valence-electron chi connectivity index (χ1n) is 8.07. The van der Waals surface area contributed by atoms with Crippen LogP contribution in [0.15, 0.2) is 24.3 Å². The largest absolute Gasteiger partial charge is 0.307 e. The van der Waals surface area contributed by atoms with Crippen molar-refractivity contribution in [2.45, 2.75) is 65.0 Å². The van der Waals surface area contributed by atoms with Crippen LogP contribution in [0, 0.1) is 11.8 Å². The van der Waals surface area contributed by atoms with E-state index in [0.29, 0.717) is 12.1 Å². The topological polar surface area (TPSA) is 12.0 Å². The van der Waals surface area contributed by atoms with E-state index in [1.54, 1.807) is 0 Å². The van der Waals surface area contributed by atoms with Crippen molar-refractivity contribution in [2.75, 3.05) is 0 Å². The Morgan fingerprint density at radius 3 is 2.30 bits per heavy atom. The lowest BCUT2D eigenvalue weighted by Crippen LogP contribution is -2.31. The number of hydrogen-bond donors (Lipinski definition) is 1. The van der Waals surface area contributed by atoms with Gasteiger partial charge in [-0.05, 0) is 55.7 Å². The molecule has 1 aliphatic carbocycles. The Bertz CT molecular complexity index is 394. The summed E-state index contributed by atoms with van der Waals surface area (Å²) in [4.78, 5) is 0. The Morgan fingerprint density at radius 2 is 1.75 bits per heavy atom. The summed E-state index contributed by atoms with van der Waals surface area (Å²) < 4.78 is 0. The van der Waals surface area contributed by atoms with Gasteiger partial charge in [-0.25, -0.2) is 0 Å². The number of hydrogen-bond acceptors (Lipinski definition) is 1. The van der Waals surface area contributed by atoms with Crippen LogP contribution < -0.4 is 5.32 Å². The summed E-state index contributed by atoms with van der Waals surface area (Å²) in [5.74, 6) is 1.64. The van der Waals surface area contributed by atoms with Crippen LogP contribution in [-0.2, 0) is 0 Å². The van der Waals surface area contributed by atoms with E-state index in [1.165, 1.54) is 37.7 Å². The molecule has 1 saturated carbocycles. The first kappa shape index (κ1) is 15.9. The fraction of sp³-hybridized carbons (Fsp3) is 0.667. The van der Waals surface area contributed by atoms with Crippen molar-refractivity contribution in [2.24, 2.45) is 11.8 Å². The van der Waals surface area contributed by atoms with Crippen LogP contribution in [0.25, 0.3) is 0 Å². The van der Waals surface area contributed by atoms with Crippen molar-refractivity contribution in [1.29, 1.82) is 0 Å². The molecule has 2 atom stereocenters. The lowest BCUT2D eigenvalue weighted by Gasteiger charge is -2.24. The first-order chi connectivity index (χ1) is 9.56. The van der Waals surface area contributed by atoms with Gasteiger partial charge in [0.2, 0.25) is 0 Å². The molecular formula is C18H28ClN. The second kappa shape index (κ2) is 7.47. The molecule has 1 N–H and O–H groups in total. The van der Waals surface area contributed by atoms with Crippen molar-refractivity contribution in [3.05, 3.63) is 34.9 Å². The van der Waals surface area contributed by atoms with Gasteiger partial charge in [-0.15, -0.1) is 0 Å². The standard InChI is InChI=1S/C18H28ClN/c1-13(2)5-4-6-14(3)20-18(15-7-8-15)16-9-11-17(19)12-10-16/h9-15,18,20H,4-8H2,1-3H3. The van der Waals surface area contributed by atoms with Gasteiger partial charge in [0.25, 0.3) is 0 Å². The summed E-state index contributed by atoms with van der Waals surface area (Å²) in [6, 6.07) is 9.49. The summed E-state index contributed by atoms with van der Waals surface area (Å²) in [5, 5.41) is 4.67. The molecule has 0 spiro atoms. The average Bonchev–Trinajstić information content (AvgIpc) is 3.21. The Balaban J connectivity index is 1.87. The van der Waals surface area contributed by atoms with Gasteiger partial charge in [0.1, 0.15) is 0 Å². The number of nitrogens with one attached hydrogen (secondary N) is 1. The number of benzene rings is 1. The van der Waals surface area contributed by atoms with E-state index in [0.717, 1.165) is 16.9 Å². The Morgan fingerprint density at radius 1 is 1.10 bits per heavy atom. The van der Waals surface area contributed by atoms with E-state index in [9.17, 15) is 0 Å². The van der Waals surface area contributed by atoms with E-state index in [4.69, 9.17) is 11.6 Å². The smallest absolute Gasteiger partial charge is 0.0406 e. The molecule has 1 nitrogen and oxygen atoms in total. The van der Waals surface area contributed by atoms with Crippen molar-refractivity contribution >= 4 is 11.6 Å². The lowest BCUT2D eigenvalue weighted by atomic mass is 9.99. The highest BCUT2D eigenvalue weighted by atomic mass is 35.5. The van der Waals surface area contributed by atoms with E-state index in [-0.39, 0.29) is 0 Å². The molecule has 2 heteroatoms. The van der Waals surface area contributed by atoms with Gasteiger partial charge in [0, 0.05) is 17.1 Å². The first-order valence-corrected chi connectivity index (χ1v) is 8.45. The Kier molecular flexibility index (Phi) is 5.92. The summed E-state index contributed by atoms with van der Waals surface area (Å²) in [7, 11) is 0. The van der Waals surface area contributed by atoms with Crippen molar-refractivity contribution in [3.63, 3.8) is 0 Å². The summed E-state index contributed by atoms with van der Waals surface area (Å²) in [5.41, 5.74) is 1.40. The molecule has 1 aromatic rings. The summed E-state index contributed by atoms with van der Waals surface area (Å²) in [6.07, 6.45) is 6.65. The highest BCUT2D eigenvalue weighted by Gasteiger charge is 2.32. The van der Waals surface area contributed by atoms with Crippen LogP contribution >= 0.6 is 11.6 Å². The van der Waals surface area contributed by atoms with Gasteiger partial charge >= 0.3 is 0 Å². The maximum atomic E-state index is 6.00. The third-order valence-electron chi connectivity index (χ3n) is 4.21. The maximum absolute atomic E-state index is 6.00. The molecule has 1 aliphatic rings. The fourth-order valence-electron chi connectivity index (χ4n) is 2.83. The van der Waals surface area contributed by atoms with Gasteiger partial charge in [-0.2, -0.15) is 0 Å². The quantitative estimate of drug-likeness (QED) is 0.658. The molecule has 0 radical (unpaired) electrons. The second-order valence-corrected chi connectivity index (χ2v) is 7.20. The molecule has 2 rings (SSSR count). The molecule has 112 valence electrons. The number of halogens is 1. The second-order valence-electron chi connectivity index (χ2n) is 6.76. The molecule has 2 unspecified atom stereocenters. The summed E-state index contributed by atoms with van der Waals surface area (Å²) >= 11 is 6.00. The van der Waals surface area contributed by atoms with Crippen LogP contribution in [-0.4, -0.2) is 6.04 Å². The van der Waals surface area contributed by atoms with E-state index >= 15 is 0 Å². The predicted octanol–water partition coefficient (Wildman–Crippen LogP) is 5.60. The van der Waals surface area contributed by atoms with E-state index in [1.807, 2.05) is 12.1 Å². The molecule has 0 amide bonds. The zero-order chi connectivity index (χ0) is 14.5. The highest BCUT2D eigenvalue weighted by Crippen LogP contribution is 2.41. The maximum Gasteiger partial charge on any atom is 0.0406 e. The minimum absolute atomic E-state index is 0.515. The van der Waals surface area contributed by atoms with Crippen LogP contribution in [0.4, 0.5) is 0 Å². The molecule has 20 heavy (non-hydrogen) atoms. The zero-order valence-electron chi connectivity index (χ0n) is 13.0. The molecule has 0 aromatic heterocycles. The highest BCUT2D eigenvalue weighted by molar-refractivity contribution is 6.30. The molecule has 0 aliphatic heterocycles. The van der Waals surface area contributed by atoms with Crippen LogP contribution in [0.2, 0.25) is 5.02 Å². The monoisotopic (exact) mass is 293 g/mol. The third kappa shape index (κ3) is 5.10. The average molecular weight is 294 g/mol. The van der Waals surface area contributed by atoms with Gasteiger partial charge in [-0.1, -0.05) is 50.4 Å². The van der Waals surface area contributed by atoms with E-state index < -0.39 is 0 Å². The predicted molar refractivity (Wildman–Crippen MR) is 88.2 cm³/mol. The zero-order valence-corrected chi connectivity index (χ0v) is 13.8. The molecule has 0 heterocycles. The third-order valence-corrected chi connectivity index (χ3v) is 4.46. The van der Waals surface area contributed by atoms with Gasteiger partial charge < -0.3 is 5.32 Å². The molecule has 1 fully saturated rings. The SMILES string of the molecule is CC(C)CCCC(C)NC(c1ccc(Cl)cc1)C1CC1. The molecule has 0 bridgehead atoms. The Labute approximate surface area is 129 Å². The molecule has 0 saturated heterocycles. The van der Waals surface area contributed by atoms with Crippen LogP contribution in [0.1, 0.15) is 64.5 Å². The molecule has 1 aromatic carbocycles. The number of rotatable bonds is 8. The van der Waals surface area contributed by atoms with Crippen molar-refractivity contribution in [3.8, 4) is 0 Å². The normalized spacial score (nSPS) is 18.2. The van der Waals surface area contributed by atoms with Gasteiger partial charge in [0.15, 0.2) is 0 Å². The molecular weight excluding hydrogens is 266 g/mol. The minimum atomic E-state index is 0.515. The minimum Gasteiger partial charge on any atom is -0.307 e. The fourth-order valence-corrected chi connectivity index (χ4v) is 2.95.